The van der Waals surface area contributed by atoms with E-state index in [4.69, 9.17) is 38.2 Å². The van der Waals surface area contributed by atoms with Gasteiger partial charge in [0.05, 0.1) is 0 Å². The summed E-state index contributed by atoms with van der Waals surface area (Å²) in [4.78, 5) is 0. The Hall–Kier alpha value is 0.320. The van der Waals surface area contributed by atoms with E-state index in [1.807, 2.05) is 18.2 Å². The van der Waals surface area contributed by atoms with Crippen molar-refractivity contribution in [3.8, 4) is 5.75 Å². The van der Waals surface area contributed by atoms with E-state index in [0.717, 1.165) is 0 Å². The Labute approximate surface area is 80.0 Å². The third-order valence-electron chi connectivity index (χ3n) is 0.977. The molecule has 5 heteroatoms. The Bertz CT molecular complexity index is 221. The second kappa shape index (κ2) is 3.82. The zero-order valence-corrected chi connectivity index (χ0v) is 8.70. The van der Waals surface area contributed by atoms with Gasteiger partial charge in [-0.15, -0.1) is 0 Å². The fraction of sp³-hybridized carbons (Fsp3) is 0. The molecule has 1 rings (SSSR count). The van der Waals surface area contributed by atoms with Crippen molar-refractivity contribution in [2.75, 3.05) is 0 Å². The summed E-state index contributed by atoms with van der Waals surface area (Å²) in [6.07, 6.45) is 0. The molecule has 0 unspecified atom stereocenters. The van der Waals surface area contributed by atoms with Crippen molar-refractivity contribution < 1.29 is 4.52 Å². The number of rotatable bonds is 2. The van der Waals surface area contributed by atoms with Gasteiger partial charge in [-0.1, -0.05) is 0 Å². The van der Waals surface area contributed by atoms with E-state index in [2.05, 4.69) is 0 Å². The van der Waals surface area contributed by atoms with Crippen molar-refractivity contribution in [1.82, 2.24) is 0 Å². The molecular formula is C6H6Cl3OP. The monoisotopic (exact) mass is 230 g/mol. The van der Waals surface area contributed by atoms with Crippen LogP contribution in [-0.2, 0) is 0 Å². The Kier molecular flexibility index (Phi) is 3.27. The molecule has 0 radical (unpaired) electrons. The molecule has 0 N–H and O–H groups in total. The normalized spacial score (nSPS) is 12.6. The average Bonchev–Trinajstić information content (AvgIpc) is 1.85. The van der Waals surface area contributed by atoms with E-state index in [0.29, 0.717) is 5.75 Å². The van der Waals surface area contributed by atoms with Gasteiger partial charge in [0.15, 0.2) is 0 Å². The predicted molar refractivity (Wildman–Crippen MR) is 52.9 cm³/mol. The van der Waals surface area contributed by atoms with Gasteiger partial charge < -0.3 is 0 Å². The number of para-hydroxylation sites is 1. The van der Waals surface area contributed by atoms with E-state index >= 15 is 0 Å². The van der Waals surface area contributed by atoms with Gasteiger partial charge in [0, 0.05) is 0 Å². The van der Waals surface area contributed by atoms with Gasteiger partial charge in [0.1, 0.15) is 0 Å². The van der Waals surface area contributed by atoms with Gasteiger partial charge in [-0.3, -0.25) is 0 Å². The van der Waals surface area contributed by atoms with Crippen molar-refractivity contribution in [3.63, 3.8) is 0 Å². The van der Waals surface area contributed by atoms with Gasteiger partial charge in [-0.2, -0.15) is 0 Å². The molecule has 0 heterocycles. The fourth-order valence-electron chi connectivity index (χ4n) is 0.622. The SMILES string of the molecule is Cl[PH](Cl)(Cl)Oc1ccccc1. The first kappa shape index (κ1) is 9.41. The summed E-state index contributed by atoms with van der Waals surface area (Å²) in [6, 6.07) is 9.00. The van der Waals surface area contributed by atoms with Crippen LogP contribution < -0.4 is 4.52 Å². The van der Waals surface area contributed by atoms with Crippen LogP contribution in [0.15, 0.2) is 30.3 Å². The van der Waals surface area contributed by atoms with Crippen LogP contribution in [0.2, 0.25) is 0 Å². The molecule has 1 aromatic carbocycles. The van der Waals surface area contributed by atoms with Crippen LogP contribution in [0.1, 0.15) is 0 Å². The second-order valence-electron chi connectivity index (χ2n) is 1.86. The molecule has 0 fully saturated rings. The first-order valence-corrected chi connectivity index (χ1v) is 7.83. The van der Waals surface area contributed by atoms with Crippen LogP contribution in [0.25, 0.3) is 0 Å². The van der Waals surface area contributed by atoms with Crippen LogP contribution in [0.3, 0.4) is 0 Å². The average molecular weight is 231 g/mol. The van der Waals surface area contributed by atoms with Gasteiger partial charge in [0.2, 0.25) is 0 Å². The third kappa shape index (κ3) is 4.03. The van der Waals surface area contributed by atoms with Crippen LogP contribution in [-0.4, -0.2) is 0 Å². The number of hydrogen-bond donors (Lipinski definition) is 0. The topological polar surface area (TPSA) is 9.23 Å². The fourth-order valence-corrected chi connectivity index (χ4v) is 1.83. The van der Waals surface area contributed by atoms with Crippen LogP contribution in [0.5, 0.6) is 5.75 Å². The summed E-state index contributed by atoms with van der Waals surface area (Å²) in [5, 5.41) is 0. The Morgan fingerprint density at radius 1 is 1.00 bits per heavy atom. The van der Waals surface area contributed by atoms with Crippen LogP contribution in [0, 0.1) is 0 Å². The zero-order valence-electron chi connectivity index (χ0n) is 5.43. The Balaban J connectivity index is 2.66. The number of benzene rings is 1. The summed E-state index contributed by atoms with van der Waals surface area (Å²) in [5.41, 5.74) is -2.98. The maximum absolute atomic E-state index is 5.52. The van der Waals surface area contributed by atoms with Gasteiger partial charge in [-0.05, 0) is 0 Å². The molecule has 0 spiro atoms. The standard InChI is InChI=1S/C6H6Cl3OP/c7-11(8,9)10-6-4-2-1-3-5-6/h1-5,11H. The first-order valence-electron chi connectivity index (χ1n) is 2.89. The molecule has 1 aromatic rings. The summed E-state index contributed by atoms with van der Waals surface area (Å²) in [5.74, 6) is 0.596. The van der Waals surface area contributed by atoms with E-state index in [9.17, 15) is 0 Å². The Morgan fingerprint density at radius 2 is 1.55 bits per heavy atom. The second-order valence-corrected chi connectivity index (χ2v) is 9.49. The molecule has 1 nitrogen and oxygen atoms in total. The summed E-state index contributed by atoms with van der Waals surface area (Å²) >= 11 is 16.5. The van der Waals surface area contributed by atoms with E-state index in [1.165, 1.54) is 0 Å². The van der Waals surface area contributed by atoms with E-state index < -0.39 is 5.55 Å². The van der Waals surface area contributed by atoms with Crippen molar-refractivity contribution >= 4 is 39.3 Å². The summed E-state index contributed by atoms with van der Waals surface area (Å²) in [6.45, 7) is 0. The third-order valence-corrected chi connectivity index (χ3v) is 2.14. The Morgan fingerprint density at radius 3 is 2.00 bits per heavy atom. The molecule has 0 atom stereocenters. The molecule has 0 saturated carbocycles. The van der Waals surface area contributed by atoms with E-state index in [1.54, 1.807) is 12.1 Å². The molecular weight excluding hydrogens is 225 g/mol. The first-order chi connectivity index (χ1) is 5.08. The van der Waals surface area contributed by atoms with Crippen molar-refractivity contribution in [2.24, 2.45) is 0 Å². The number of hydrogen-bond acceptors (Lipinski definition) is 1. The van der Waals surface area contributed by atoms with Gasteiger partial charge in [-0.25, -0.2) is 0 Å². The molecule has 0 aliphatic carbocycles. The molecule has 11 heavy (non-hydrogen) atoms. The van der Waals surface area contributed by atoms with Crippen molar-refractivity contribution in [1.29, 1.82) is 0 Å². The minimum atomic E-state index is -2.98. The quantitative estimate of drug-likeness (QED) is 0.693. The van der Waals surface area contributed by atoms with E-state index in [-0.39, 0.29) is 0 Å². The predicted octanol–water partition coefficient (Wildman–Crippen LogP) is 4.19. The molecule has 0 aliphatic rings. The zero-order chi connectivity index (χ0) is 8.32. The minimum absolute atomic E-state index is 0.596. The summed E-state index contributed by atoms with van der Waals surface area (Å²) in [7, 11) is 0. The molecule has 0 bridgehead atoms. The van der Waals surface area contributed by atoms with Crippen molar-refractivity contribution in [2.45, 2.75) is 0 Å². The number of halogens is 3. The van der Waals surface area contributed by atoms with Gasteiger partial charge >= 0.3 is 79.9 Å². The molecule has 62 valence electrons. The maximum atomic E-state index is 5.52. The molecule has 0 aliphatic heterocycles. The summed E-state index contributed by atoms with van der Waals surface area (Å²) < 4.78 is 5.04. The van der Waals surface area contributed by atoms with Crippen molar-refractivity contribution in [3.05, 3.63) is 30.3 Å². The van der Waals surface area contributed by atoms with Crippen LogP contribution >= 0.6 is 39.3 Å². The molecule has 0 amide bonds. The molecule has 0 aromatic heterocycles. The molecule has 0 saturated heterocycles. The van der Waals surface area contributed by atoms with Crippen LogP contribution in [0.4, 0.5) is 0 Å². The van der Waals surface area contributed by atoms with Gasteiger partial charge in [0.25, 0.3) is 0 Å².